The van der Waals surface area contributed by atoms with Crippen LogP contribution in [0.1, 0.15) is 37.6 Å². The number of hydrogen-bond acceptors (Lipinski definition) is 6. The smallest absolute Gasteiger partial charge is 0.317 e. The fraction of sp³-hybridized carbons (Fsp3) is 0.500. The van der Waals surface area contributed by atoms with Crippen LogP contribution < -0.4 is 10.1 Å². The summed E-state index contributed by atoms with van der Waals surface area (Å²) in [6, 6.07) is 4.91. The summed E-state index contributed by atoms with van der Waals surface area (Å²) in [6.45, 7) is 6.94. The van der Waals surface area contributed by atoms with E-state index < -0.39 is 0 Å². The maximum Gasteiger partial charge on any atom is 0.317 e. The molecule has 33 heavy (non-hydrogen) atoms. The molecule has 0 fully saturated rings. The van der Waals surface area contributed by atoms with Gasteiger partial charge in [-0.25, -0.2) is 9.78 Å². The van der Waals surface area contributed by atoms with Crippen molar-refractivity contribution in [1.29, 1.82) is 0 Å². The topological polar surface area (TPSA) is 108 Å². The van der Waals surface area contributed by atoms with Gasteiger partial charge in [0.25, 0.3) is 5.91 Å². The van der Waals surface area contributed by atoms with Crippen molar-refractivity contribution in [2.24, 2.45) is 5.92 Å². The standard InChI is InChI=1S/C24H33N5O4/c1-5-8-26-24(32)28(4)14-21-16(2)13-29(17(3)15-30)23(31)20-11-19(12-27-22(20)33-21)18-6-9-25-10-7-18/h6-7,9-12,16-17,21,30H,5,8,13-15H2,1-4H3,(H,26,32)/t16-,17+,21+/m1/s1. The summed E-state index contributed by atoms with van der Waals surface area (Å²) >= 11 is 0. The molecule has 9 heteroatoms. The second-order valence-corrected chi connectivity index (χ2v) is 8.55. The van der Waals surface area contributed by atoms with E-state index in [1.807, 2.05) is 32.9 Å². The Balaban J connectivity index is 1.96. The van der Waals surface area contributed by atoms with E-state index in [1.165, 1.54) is 0 Å². The van der Waals surface area contributed by atoms with E-state index in [4.69, 9.17) is 4.74 Å². The third-order valence-corrected chi connectivity index (χ3v) is 5.86. The molecule has 2 aromatic rings. The molecule has 0 aromatic carbocycles. The van der Waals surface area contributed by atoms with Crippen molar-refractivity contribution in [2.45, 2.75) is 39.3 Å². The number of carbonyl (C=O) groups excluding carboxylic acids is 2. The Kier molecular flexibility index (Phi) is 8.21. The minimum Gasteiger partial charge on any atom is -0.472 e. The normalized spacial score (nSPS) is 19.1. The van der Waals surface area contributed by atoms with Crippen LogP contribution in [-0.2, 0) is 0 Å². The number of rotatable bonds is 7. The van der Waals surface area contributed by atoms with E-state index in [9.17, 15) is 14.7 Å². The predicted molar refractivity (Wildman–Crippen MR) is 125 cm³/mol. The molecule has 178 valence electrons. The Morgan fingerprint density at radius 2 is 2.09 bits per heavy atom. The summed E-state index contributed by atoms with van der Waals surface area (Å²) in [5.41, 5.74) is 1.99. The molecule has 1 aliphatic heterocycles. The SMILES string of the molecule is CCCNC(=O)N(C)C[C@@H]1Oc2ncc(-c3ccncc3)cc2C(=O)N([C@@H](C)CO)C[C@H]1C. The number of fused-ring (bicyclic) bond motifs is 1. The molecular formula is C24H33N5O4. The third-order valence-electron chi connectivity index (χ3n) is 5.86. The summed E-state index contributed by atoms with van der Waals surface area (Å²) in [5.74, 6) is -0.111. The number of amides is 3. The number of aliphatic hydroxyl groups is 1. The van der Waals surface area contributed by atoms with Crippen molar-refractivity contribution < 1.29 is 19.4 Å². The Bertz CT molecular complexity index is 955. The molecule has 0 saturated heterocycles. The van der Waals surface area contributed by atoms with Crippen molar-refractivity contribution in [2.75, 3.05) is 33.3 Å². The summed E-state index contributed by atoms with van der Waals surface area (Å²) in [5, 5.41) is 12.7. The molecule has 0 bridgehead atoms. The molecule has 3 amide bonds. The van der Waals surface area contributed by atoms with E-state index >= 15 is 0 Å². The van der Waals surface area contributed by atoms with Gasteiger partial charge in [-0.05, 0) is 37.1 Å². The number of carbonyl (C=O) groups is 2. The first kappa shape index (κ1) is 24.4. The number of nitrogens with zero attached hydrogens (tertiary/aromatic N) is 4. The number of pyridine rings is 2. The highest BCUT2D eigenvalue weighted by Gasteiger charge is 2.34. The molecule has 0 saturated carbocycles. The van der Waals surface area contributed by atoms with Gasteiger partial charge >= 0.3 is 6.03 Å². The fourth-order valence-electron chi connectivity index (χ4n) is 3.74. The van der Waals surface area contributed by atoms with Crippen LogP contribution in [0.3, 0.4) is 0 Å². The molecule has 3 atom stereocenters. The Hall–Kier alpha value is -3.20. The lowest BCUT2D eigenvalue weighted by Gasteiger charge is -2.37. The molecular weight excluding hydrogens is 422 g/mol. The second-order valence-electron chi connectivity index (χ2n) is 8.55. The Morgan fingerprint density at radius 1 is 1.36 bits per heavy atom. The number of hydrogen-bond donors (Lipinski definition) is 2. The van der Waals surface area contributed by atoms with Gasteiger partial charge in [0, 0.05) is 50.2 Å². The van der Waals surface area contributed by atoms with E-state index in [-0.39, 0.29) is 42.5 Å². The summed E-state index contributed by atoms with van der Waals surface area (Å²) in [6.07, 6.45) is 5.50. The van der Waals surface area contributed by atoms with Crippen molar-refractivity contribution in [3.63, 3.8) is 0 Å². The molecule has 2 N–H and O–H groups in total. The monoisotopic (exact) mass is 455 g/mol. The second kappa shape index (κ2) is 11.1. The lowest BCUT2D eigenvalue weighted by Crippen LogP contribution is -2.51. The van der Waals surface area contributed by atoms with E-state index in [0.29, 0.717) is 25.2 Å². The number of ether oxygens (including phenoxy) is 1. The quantitative estimate of drug-likeness (QED) is 0.664. The van der Waals surface area contributed by atoms with Gasteiger partial charge in [0.05, 0.1) is 19.2 Å². The van der Waals surface area contributed by atoms with Gasteiger partial charge in [-0.2, -0.15) is 0 Å². The zero-order valence-corrected chi connectivity index (χ0v) is 19.7. The lowest BCUT2D eigenvalue weighted by molar-refractivity contribution is 0.0352. The van der Waals surface area contributed by atoms with Crippen LogP contribution in [0.5, 0.6) is 5.88 Å². The third kappa shape index (κ3) is 5.78. The molecule has 3 rings (SSSR count). The highest BCUT2D eigenvalue weighted by Crippen LogP contribution is 2.30. The van der Waals surface area contributed by atoms with Gasteiger partial charge in [0.1, 0.15) is 11.7 Å². The van der Waals surface area contributed by atoms with Gasteiger partial charge in [-0.15, -0.1) is 0 Å². The van der Waals surface area contributed by atoms with Gasteiger partial charge in [0.2, 0.25) is 5.88 Å². The number of aliphatic hydroxyl groups excluding tert-OH is 1. The molecule has 0 aliphatic carbocycles. The van der Waals surface area contributed by atoms with Crippen LogP contribution in [-0.4, -0.2) is 82.2 Å². The highest BCUT2D eigenvalue weighted by atomic mass is 16.5. The van der Waals surface area contributed by atoms with Crippen LogP contribution in [0.4, 0.5) is 4.79 Å². The zero-order valence-electron chi connectivity index (χ0n) is 19.7. The molecule has 1 aliphatic rings. The largest absolute Gasteiger partial charge is 0.472 e. The molecule has 0 radical (unpaired) electrons. The van der Waals surface area contributed by atoms with Crippen molar-refractivity contribution >= 4 is 11.9 Å². The summed E-state index contributed by atoms with van der Waals surface area (Å²) < 4.78 is 6.24. The van der Waals surface area contributed by atoms with Crippen LogP contribution in [0.25, 0.3) is 11.1 Å². The van der Waals surface area contributed by atoms with E-state index in [1.54, 1.807) is 41.5 Å². The van der Waals surface area contributed by atoms with Crippen LogP contribution in [0.2, 0.25) is 0 Å². The van der Waals surface area contributed by atoms with Gasteiger partial charge in [0.15, 0.2) is 0 Å². The van der Waals surface area contributed by atoms with Gasteiger partial charge in [-0.3, -0.25) is 9.78 Å². The average Bonchev–Trinajstić information content (AvgIpc) is 2.84. The summed E-state index contributed by atoms with van der Waals surface area (Å²) in [7, 11) is 1.72. The first-order chi connectivity index (χ1) is 15.8. The van der Waals surface area contributed by atoms with Crippen molar-refractivity contribution in [1.82, 2.24) is 25.1 Å². The molecule has 9 nitrogen and oxygen atoms in total. The molecule has 2 aromatic heterocycles. The Labute approximate surface area is 194 Å². The van der Waals surface area contributed by atoms with Crippen molar-refractivity contribution in [3.05, 3.63) is 42.4 Å². The number of nitrogens with one attached hydrogen (secondary N) is 1. The lowest BCUT2D eigenvalue weighted by atomic mass is 9.99. The van der Waals surface area contributed by atoms with Crippen LogP contribution in [0.15, 0.2) is 36.8 Å². The van der Waals surface area contributed by atoms with Crippen LogP contribution >= 0.6 is 0 Å². The van der Waals surface area contributed by atoms with Gasteiger partial charge < -0.3 is 25.0 Å². The minimum atomic E-state index is -0.387. The maximum atomic E-state index is 13.5. The van der Waals surface area contributed by atoms with E-state index in [2.05, 4.69) is 15.3 Å². The number of urea groups is 1. The first-order valence-corrected chi connectivity index (χ1v) is 11.3. The molecule has 3 heterocycles. The van der Waals surface area contributed by atoms with E-state index in [0.717, 1.165) is 17.5 Å². The number of likely N-dealkylation sites (N-methyl/N-ethyl adjacent to an activating group) is 1. The summed E-state index contributed by atoms with van der Waals surface area (Å²) in [4.78, 5) is 37.6. The predicted octanol–water partition coefficient (Wildman–Crippen LogP) is 2.42. The highest BCUT2D eigenvalue weighted by molar-refractivity contribution is 5.98. The zero-order chi connectivity index (χ0) is 24.0. The van der Waals surface area contributed by atoms with Crippen LogP contribution in [0, 0.1) is 5.92 Å². The first-order valence-electron chi connectivity index (χ1n) is 11.3. The maximum absolute atomic E-state index is 13.5. The van der Waals surface area contributed by atoms with Crippen molar-refractivity contribution in [3.8, 4) is 17.0 Å². The molecule has 0 spiro atoms. The average molecular weight is 456 g/mol. The Morgan fingerprint density at radius 3 is 2.76 bits per heavy atom. The minimum absolute atomic E-state index is 0.0980. The van der Waals surface area contributed by atoms with Gasteiger partial charge in [-0.1, -0.05) is 13.8 Å². The molecule has 0 unspecified atom stereocenters. The fourth-order valence-corrected chi connectivity index (χ4v) is 3.74. The number of aromatic nitrogens is 2.